The van der Waals surface area contributed by atoms with Gasteiger partial charge in [-0.05, 0) is 25.0 Å². The largest absolute Gasteiger partial charge is 0.115 e. The summed E-state index contributed by atoms with van der Waals surface area (Å²) in [6.07, 6.45) is 6.05. The molecule has 1 aliphatic rings. The quantitative estimate of drug-likeness (QED) is 0.652. The van der Waals surface area contributed by atoms with Crippen molar-refractivity contribution in [1.82, 2.24) is 0 Å². The second-order valence-electron chi connectivity index (χ2n) is 3.54. The van der Waals surface area contributed by atoms with Crippen LogP contribution in [-0.4, -0.2) is 4.75 Å². The van der Waals surface area contributed by atoms with Gasteiger partial charge in [-0.2, -0.15) is 0 Å². The minimum Gasteiger partial charge on any atom is -0.115 e. The zero-order valence-corrected chi connectivity index (χ0v) is 8.52. The van der Waals surface area contributed by atoms with E-state index in [1.807, 2.05) is 11.8 Å². The Morgan fingerprint density at radius 1 is 1.23 bits per heavy atom. The predicted octanol–water partition coefficient (Wildman–Crippen LogP) is 3.89. The summed E-state index contributed by atoms with van der Waals surface area (Å²) < 4.78 is 0.349. The van der Waals surface area contributed by atoms with Crippen molar-refractivity contribution >= 4 is 11.8 Å². The van der Waals surface area contributed by atoms with Crippen LogP contribution in [0.5, 0.6) is 0 Å². The summed E-state index contributed by atoms with van der Waals surface area (Å²) >= 11 is 1.96. The Hall–Kier alpha value is -0.690. The maximum absolute atomic E-state index is 3.93. The van der Waals surface area contributed by atoms with Crippen molar-refractivity contribution in [3.8, 4) is 0 Å². The zero-order chi connectivity index (χ0) is 9.15. The van der Waals surface area contributed by atoms with Crippen LogP contribution in [0.3, 0.4) is 0 Å². The first-order valence-corrected chi connectivity index (χ1v) is 5.54. The SMILES string of the molecule is C=CC1(Sc2ccccc2)CCC1. The fraction of sp³-hybridized carbons (Fsp3) is 0.333. The summed E-state index contributed by atoms with van der Waals surface area (Å²) in [5.74, 6) is 0. The number of thioether (sulfide) groups is 1. The molecule has 0 radical (unpaired) electrons. The van der Waals surface area contributed by atoms with Crippen LogP contribution < -0.4 is 0 Å². The van der Waals surface area contributed by atoms with Gasteiger partial charge in [-0.15, -0.1) is 18.3 Å². The second-order valence-corrected chi connectivity index (χ2v) is 5.03. The molecule has 1 saturated carbocycles. The van der Waals surface area contributed by atoms with Gasteiger partial charge in [0.15, 0.2) is 0 Å². The van der Waals surface area contributed by atoms with Gasteiger partial charge in [0, 0.05) is 9.64 Å². The van der Waals surface area contributed by atoms with Gasteiger partial charge < -0.3 is 0 Å². The van der Waals surface area contributed by atoms with Gasteiger partial charge in [0.25, 0.3) is 0 Å². The molecule has 0 saturated heterocycles. The molecule has 2 rings (SSSR count). The maximum atomic E-state index is 3.93. The normalized spacial score (nSPS) is 19.1. The maximum Gasteiger partial charge on any atom is 0.0383 e. The van der Waals surface area contributed by atoms with Gasteiger partial charge in [0.2, 0.25) is 0 Å². The third-order valence-electron chi connectivity index (χ3n) is 2.64. The van der Waals surface area contributed by atoms with Crippen LogP contribution >= 0.6 is 11.8 Å². The van der Waals surface area contributed by atoms with E-state index in [9.17, 15) is 0 Å². The fourth-order valence-corrected chi connectivity index (χ4v) is 2.94. The van der Waals surface area contributed by atoms with Crippen molar-refractivity contribution in [3.63, 3.8) is 0 Å². The molecule has 1 aromatic rings. The number of rotatable bonds is 3. The van der Waals surface area contributed by atoms with Crippen LogP contribution in [0, 0.1) is 0 Å². The van der Waals surface area contributed by atoms with E-state index in [1.54, 1.807) is 0 Å². The van der Waals surface area contributed by atoms with E-state index in [2.05, 4.69) is 43.0 Å². The zero-order valence-electron chi connectivity index (χ0n) is 7.70. The Morgan fingerprint density at radius 3 is 2.38 bits per heavy atom. The molecule has 1 aromatic carbocycles. The highest BCUT2D eigenvalue weighted by molar-refractivity contribution is 8.01. The number of benzene rings is 1. The molecule has 13 heavy (non-hydrogen) atoms. The molecule has 0 amide bonds. The first kappa shape index (κ1) is 8.89. The van der Waals surface area contributed by atoms with Gasteiger partial charge in [0.05, 0.1) is 0 Å². The lowest BCUT2D eigenvalue weighted by molar-refractivity contribution is 0.432. The fourth-order valence-electron chi connectivity index (χ4n) is 1.60. The lowest BCUT2D eigenvalue weighted by atomic mass is 9.84. The van der Waals surface area contributed by atoms with E-state index in [0.717, 1.165) is 0 Å². The molecule has 0 unspecified atom stereocenters. The molecule has 0 N–H and O–H groups in total. The monoisotopic (exact) mass is 190 g/mol. The smallest absolute Gasteiger partial charge is 0.0383 e. The molecule has 0 atom stereocenters. The second kappa shape index (κ2) is 3.59. The van der Waals surface area contributed by atoms with Crippen LogP contribution in [0.15, 0.2) is 47.9 Å². The molecule has 0 aromatic heterocycles. The van der Waals surface area contributed by atoms with E-state index < -0.39 is 0 Å². The Bertz CT molecular complexity index is 285. The van der Waals surface area contributed by atoms with Crippen molar-refractivity contribution in [1.29, 1.82) is 0 Å². The average molecular weight is 190 g/mol. The molecular formula is C12H14S. The number of hydrogen-bond donors (Lipinski definition) is 0. The first-order chi connectivity index (χ1) is 6.35. The van der Waals surface area contributed by atoms with Crippen LogP contribution in [0.25, 0.3) is 0 Å². The minimum absolute atomic E-state index is 0.349. The van der Waals surface area contributed by atoms with Gasteiger partial charge in [-0.3, -0.25) is 0 Å². The highest BCUT2D eigenvalue weighted by Gasteiger charge is 2.34. The van der Waals surface area contributed by atoms with E-state index in [0.29, 0.717) is 4.75 Å². The predicted molar refractivity (Wildman–Crippen MR) is 59.1 cm³/mol. The topological polar surface area (TPSA) is 0 Å². The first-order valence-electron chi connectivity index (χ1n) is 4.72. The standard InChI is InChI=1S/C12H14S/c1-2-12(9-6-10-12)13-11-7-4-3-5-8-11/h2-5,7-8H,1,6,9-10H2. The van der Waals surface area contributed by atoms with Gasteiger partial charge in [-0.25, -0.2) is 0 Å². The molecule has 1 fully saturated rings. The van der Waals surface area contributed by atoms with E-state index in [1.165, 1.54) is 24.2 Å². The highest BCUT2D eigenvalue weighted by Crippen LogP contribution is 2.48. The van der Waals surface area contributed by atoms with Gasteiger partial charge in [0.1, 0.15) is 0 Å². The Morgan fingerprint density at radius 2 is 1.92 bits per heavy atom. The Labute approximate surface area is 84.0 Å². The molecule has 0 spiro atoms. The van der Waals surface area contributed by atoms with E-state index in [-0.39, 0.29) is 0 Å². The lowest BCUT2D eigenvalue weighted by Gasteiger charge is -2.38. The van der Waals surface area contributed by atoms with Gasteiger partial charge in [-0.1, -0.05) is 30.7 Å². The summed E-state index contributed by atoms with van der Waals surface area (Å²) in [5.41, 5.74) is 0. The van der Waals surface area contributed by atoms with Crippen molar-refractivity contribution in [3.05, 3.63) is 43.0 Å². The minimum atomic E-state index is 0.349. The third-order valence-corrected chi connectivity index (χ3v) is 4.13. The molecule has 0 nitrogen and oxygen atoms in total. The average Bonchev–Trinajstić information content (AvgIpc) is 2.13. The lowest BCUT2D eigenvalue weighted by Crippen LogP contribution is -2.30. The van der Waals surface area contributed by atoms with E-state index >= 15 is 0 Å². The van der Waals surface area contributed by atoms with E-state index in [4.69, 9.17) is 0 Å². The molecule has 1 heteroatoms. The van der Waals surface area contributed by atoms with Crippen LogP contribution in [-0.2, 0) is 0 Å². The summed E-state index contributed by atoms with van der Waals surface area (Å²) in [7, 11) is 0. The van der Waals surface area contributed by atoms with Crippen LogP contribution in [0.4, 0.5) is 0 Å². The summed E-state index contributed by atoms with van der Waals surface area (Å²) in [6.45, 7) is 3.93. The van der Waals surface area contributed by atoms with Gasteiger partial charge >= 0.3 is 0 Å². The van der Waals surface area contributed by atoms with Crippen molar-refractivity contribution in [2.45, 2.75) is 28.9 Å². The Balaban J connectivity index is 2.09. The van der Waals surface area contributed by atoms with Crippen LogP contribution in [0.2, 0.25) is 0 Å². The van der Waals surface area contributed by atoms with Crippen molar-refractivity contribution in [2.75, 3.05) is 0 Å². The van der Waals surface area contributed by atoms with Crippen LogP contribution in [0.1, 0.15) is 19.3 Å². The number of hydrogen-bond acceptors (Lipinski definition) is 1. The molecule has 0 aliphatic heterocycles. The molecule has 0 heterocycles. The molecule has 68 valence electrons. The van der Waals surface area contributed by atoms with Crippen molar-refractivity contribution < 1.29 is 0 Å². The Kier molecular flexibility index (Phi) is 2.45. The molecule has 0 bridgehead atoms. The summed E-state index contributed by atoms with van der Waals surface area (Å²) in [4.78, 5) is 1.36. The molecule has 1 aliphatic carbocycles. The third kappa shape index (κ3) is 1.80. The highest BCUT2D eigenvalue weighted by atomic mass is 32.2. The summed E-state index contributed by atoms with van der Waals surface area (Å²) in [6, 6.07) is 10.6. The summed E-state index contributed by atoms with van der Waals surface area (Å²) in [5, 5.41) is 0. The molecular weight excluding hydrogens is 176 g/mol. The van der Waals surface area contributed by atoms with Crippen molar-refractivity contribution in [2.24, 2.45) is 0 Å².